The van der Waals surface area contributed by atoms with Gasteiger partial charge < -0.3 is 4.90 Å². The number of nitriles is 1. The molecule has 2 saturated heterocycles. The zero-order chi connectivity index (χ0) is 18.1. The molecular weight excluding hydrogens is 326 g/mol. The first-order valence-corrected chi connectivity index (χ1v) is 9.21. The number of hydrogen-bond donors (Lipinski definition) is 0. The Hall–Kier alpha value is -2.65. The third-order valence-corrected chi connectivity index (χ3v) is 5.66. The van der Waals surface area contributed by atoms with Crippen LogP contribution in [-0.4, -0.2) is 46.3 Å². The summed E-state index contributed by atoms with van der Waals surface area (Å²) < 4.78 is 1.95. The second kappa shape index (κ2) is 6.93. The van der Waals surface area contributed by atoms with E-state index in [1.165, 1.54) is 5.69 Å². The van der Waals surface area contributed by atoms with Crippen molar-refractivity contribution >= 4 is 11.6 Å². The quantitative estimate of drug-likeness (QED) is 0.853. The molecule has 2 atom stereocenters. The molecule has 1 aromatic carbocycles. The van der Waals surface area contributed by atoms with E-state index in [4.69, 9.17) is 5.26 Å². The summed E-state index contributed by atoms with van der Waals surface area (Å²) in [7, 11) is 1.99. The third kappa shape index (κ3) is 2.99. The monoisotopic (exact) mass is 349 g/mol. The molecule has 2 fully saturated rings. The van der Waals surface area contributed by atoms with Crippen molar-refractivity contribution in [3.05, 3.63) is 47.8 Å². The molecule has 1 aromatic heterocycles. The fraction of sp³-hybridized carbons (Fsp3) is 0.450. The van der Waals surface area contributed by atoms with Crippen LogP contribution >= 0.6 is 0 Å². The lowest BCUT2D eigenvalue weighted by atomic mass is 9.93. The van der Waals surface area contributed by atoms with E-state index in [-0.39, 0.29) is 11.9 Å². The maximum Gasteiger partial charge on any atom is 0.244 e. The Bertz CT molecular complexity index is 835. The molecule has 4 rings (SSSR count). The number of carbonyl (C=O) groups excluding carboxylic acids is 1. The minimum Gasteiger partial charge on any atom is -0.311 e. The molecule has 2 aliphatic heterocycles. The Morgan fingerprint density at radius 3 is 2.65 bits per heavy atom. The minimum absolute atomic E-state index is 0.0401. The van der Waals surface area contributed by atoms with E-state index < -0.39 is 0 Å². The van der Waals surface area contributed by atoms with Crippen LogP contribution < -0.4 is 4.90 Å². The highest BCUT2D eigenvalue weighted by Crippen LogP contribution is 2.31. The Morgan fingerprint density at radius 1 is 1.15 bits per heavy atom. The van der Waals surface area contributed by atoms with Crippen LogP contribution in [0.2, 0.25) is 0 Å². The van der Waals surface area contributed by atoms with Crippen LogP contribution in [0, 0.1) is 11.3 Å². The summed E-state index contributed by atoms with van der Waals surface area (Å²) in [4.78, 5) is 17.2. The molecule has 6 heteroatoms. The molecular formula is C20H23N5O. The second-order valence-electron chi connectivity index (χ2n) is 7.17. The summed E-state index contributed by atoms with van der Waals surface area (Å²) in [5, 5.41) is 13.2. The Balaban J connectivity index is 1.47. The standard InChI is InChI=1S/C20H23N5O/c1-23-18(8-10-22-23)16-3-2-11-24(14-16)19-9-12-25(20(19)26)17-6-4-15(13-21)5-7-17/h4-8,10,16,19H,2-3,9,11-12,14H2,1H3/t16-,19+/m0/s1. The number of anilines is 1. The van der Waals surface area contributed by atoms with E-state index in [0.29, 0.717) is 11.5 Å². The first-order chi connectivity index (χ1) is 12.7. The van der Waals surface area contributed by atoms with Crippen LogP contribution in [-0.2, 0) is 11.8 Å². The fourth-order valence-electron chi connectivity index (χ4n) is 4.29. The van der Waals surface area contributed by atoms with Gasteiger partial charge in [-0.25, -0.2) is 0 Å². The highest BCUT2D eigenvalue weighted by molar-refractivity contribution is 5.99. The SMILES string of the molecule is Cn1nccc1[C@H]1CCCN([C@@H]2CCN(c3ccc(C#N)cc3)C2=O)C1. The molecule has 0 N–H and O–H groups in total. The lowest BCUT2D eigenvalue weighted by Gasteiger charge is -2.36. The first kappa shape index (κ1) is 16.8. The smallest absolute Gasteiger partial charge is 0.244 e. The van der Waals surface area contributed by atoms with Crippen LogP contribution in [0.15, 0.2) is 36.5 Å². The number of benzene rings is 1. The Morgan fingerprint density at radius 2 is 1.96 bits per heavy atom. The first-order valence-electron chi connectivity index (χ1n) is 9.21. The molecule has 1 amide bonds. The van der Waals surface area contributed by atoms with Crippen molar-refractivity contribution < 1.29 is 4.79 Å². The van der Waals surface area contributed by atoms with Gasteiger partial charge in [0.15, 0.2) is 0 Å². The predicted octanol–water partition coefficient (Wildman–Crippen LogP) is 2.28. The number of aromatic nitrogens is 2. The van der Waals surface area contributed by atoms with Gasteiger partial charge in [-0.2, -0.15) is 10.4 Å². The predicted molar refractivity (Wildman–Crippen MR) is 98.7 cm³/mol. The molecule has 26 heavy (non-hydrogen) atoms. The van der Waals surface area contributed by atoms with Crippen molar-refractivity contribution in [1.29, 1.82) is 5.26 Å². The van der Waals surface area contributed by atoms with Crippen molar-refractivity contribution in [2.75, 3.05) is 24.5 Å². The van der Waals surface area contributed by atoms with Crippen molar-refractivity contribution in [2.45, 2.75) is 31.2 Å². The van der Waals surface area contributed by atoms with E-state index in [9.17, 15) is 4.79 Å². The van der Waals surface area contributed by atoms with Crippen LogP contribution in [0.5, 0.6) is 0 Å². The van der Waals surface area contributed by atoms with Gasteiger partial charge in [-0.05, 0) is 56.1 Å². The molecule has 0 spiro atoms. The van der Waals surface area contributed by atoms with Crippen LogP contribution in [0.4, 0.5) is 5.69 Å². The number of aryl methyl sites for hydroxylation is 1. The van der Waals surface area contributed by atoms with Crippen LogP contribution in [0.3, 0.4) is 0 Å². The number of likely N-dealkylation sites (tertiary alicyclic amines) is 1. The normalized spacial score (nSPS) is 24.0. The number of amides is 1. The number of nitrogens with zero attached hydrogens (tertiary/aromatic N) is 5. The third-order valence-electron chi connectivity index (χ3n) is 5.66. The Kier molecular flexibility index (Phi) is 4.48. The van der Waals surface area contributed by atoms with Gasteiger partial charge in [0.25, 0.3) is 0 Å². The van der Waals surface area contributed by atoms with Crippen LogP contribution in [0.25, 0.3) is 0 Å². The van der Waals surface area contributed by atoms with E-state index in [0.717, 1.165) is 44.6 Å². The van der Waals surface area contributed by atoms with Gasteiger partial charge in [0.1, 0.15) is 0 Å². The lowest BCUT2D eigenvalue weighted by molar-refractivity contribution is -0.122. The number of hydrogen-bond acceptors (Lipinski definition) is 4. The van der Waals surface area contributed by atoms with Gasteiger partial charge >= 0.3 is 0 Å². The molecule has 134 valence electrons. The molecule has 0 saturated carbocycles. The summed E-state index contributed by atoms with van der Waals surface area (Å²) in [6, 6.07) is 11.5. The zero-order valence-corrected chi connectivity index (χ0v) is 15.0. The minimum atomic E-state index is -0.0401. The van der Waals surface area contributed by atoms with Crippen molar-refractivity contribution in [3.8, 4) is 6.07 Å². The fourth-order valence-corrected chi connectivity index (χ4v) is 4.29. The number of carbonyl (C=O) groups is 1. The highest BCUT2D eigenvalue weighted by Gasteiger charge is 2.38. The van der Waals surface area contributed by atoms with Gasteiger partial charge in [0, 0.05) is 43.6 Å². The zero-order valence-electron chi connectivity index (χ0n) is 15.0. The summed E-state index contributed by atoms with van der Waals surface area (Å²) in [6.45, 7) is 2.63. The summed E-state index contributed by atoms with van der Waals surface area (Å²) in [5.74, 6) is 0.619. The molecule has 0 unspecified atom stereocenters. The largest absolute Gasteiger partial charge is 0.311 e. The lowest BCUT2D eigenvalue weighted by Crippen LogP contribution is -2.46. The van der Waals surface area contributed by atoms with E-state index in [2.05, 4.69) is 22.1 Å². The van der Waals surface area contributed by atoms with Gasteiger partial charge in [0.05, 0.1) is 17.7 Å². The van der Waals surface area contributed by atoms with Gasteiger partial charge in [-0.15, -0.1) is 0 Å². The summed E-state index contributed by atoms with van der Waals surface area (Å²) >= 11 is 0. The van der Waals surface area contributed by atoms with Crippen molar-refractivity contribution in [3.63, 3.8) is 0 Å². The average molecular weight is 349 g/mol. The summed E-state index contributed by atoms with van der Waals surface area (Å²) in [6.07, 6.45) is 4.96. The molecule has 6 nitrogen and oxygen atoms in total. The molecule has 2 aliphatic rings. The van der Waals surface area contributed by atoms with Crippen molar-refractivity contribution in [1.82, 2.24) is 14.7 Å². The molecule has 0 aliphatic carbocycles. The van der Waals surface area contributed by atoms with E-state index >= 15 is 0 Å². The second-order valence-corrected chi connectivity index (χ2v) is 7.17. The molecule has 0 radical (unpaired) electrons. The average Bonchev–Trinajstić information content (AvgIpc) is 3.27. The maximum atomic E-state index is 13.0. The van der Waals surface area contributed by atoms with E-state index in [1.54, 1.807) is 12.1 Å². The van der Waals surface area contributed by atoms with Gasteiger partial charge in [-0.3, -0.25) is 14.4 Å². The number of rotatable bonds is 3. The topological polar surface area (TPSA) is 65.2 Å². The van der Waals surface area contributed by atoms with Crippen LogP contribution in [0.1, 0.15) is 36.4 Å². The van der Waals surface area contributed by atoms with Gasteiger partial charge in [-0.1, -0.05) is 0 Å². The molecule has 2 aromatic rings. The summed E-state index contributed by atoms with van der Waals surface area (Å²) in [5.41, 5.74) is 2.76. The van der Waals surface area contributed by atoms with E-state index in [1.807, 2.05) is 35.0 Å². The molecule has 3 heterocycles. The Labute approximate surface area is 153 Å². The number of piperidine rings is 1. The van der Waals surface area contributed by atoms with Crippen molar-refractivity contribution in [2.24, 2.45) is 7.05 Å². The highest BCUT2D eigenvalue weighted by atomic mass is 16.2. The van der Waals surface area contributed by atoms with Gasteiger partial charge in [0.2, 0.25) is 5.91 Å². The maximum absolute atomic E-state index is 13.0. The molecule has 0 bridgehead atoms.